The van der Waals surface area contributed by atoms with Gasteiger partial charge in [0.25, 0.3) is 5.69 Å². The standard InChI is InChI=1S/C14H16N2O3S/c1-10(14-4-3-7-20-14)15-9-11-8-12(16(17)18)5-6-13(11)19-2/h3-8,10,15H,9H2,1-2H3/t10-/m0/s1. The number of thiophene rings is 1. The Hall–Kier alpha value is -1.92. The van der Waals surface area contributed by atoms with E-state index in [0.717, 1.165) is 5.56 Å². The smallest absolute Gasteiger partial charge is 0.270 e. The van der Waals surface area contributed by atoms with Crippen LogP contribution in [0.15, 0.2) is 35.7 Å². The lowest BCUT2D eigenvalue weighted by molar-refractivity contribution is -0.384. The molecule has 1 aromatic carbocycles. The average molecular weight is 292 g/mol. The van der Waals surface area contributed by atoms with E-state index < -0.39 is 4.92 Å². The number of nitro groups is 1. The van der Waals surface area contributed by atoms with Crippen molar-refractivity contribution in [1.82, 2.24) is 5.32 Å². The number of nitro benzene ring substituents is 1. The van der Waals surface area contributed by atoms with Crippen LogP contribution in [-0.2, 0) is 6.54 Å². The van der Waals surface area contributed by atoms with Crippen molar-refractivity contribution in [2.45, 2.75) is 19.5 Å². The number of methoxy groups -OCH3 is 1. The van der Waals surface area contributed by atoms with Gasteiger partial charge in [0.2, 0.25) is 0 Å². The van der Waals surface area contributed by atoms with Crippen LogP contribution < -0.4 is 10.1 Å². The zero-order valence-corrected chi connectivity index (χ0v) is 12.1. The third-order valence-corrected chi connectivity index (χ3v) is 4.10. The van der Waals surface area contributed by atoms with Crippen molar-refractivity contribution in [3.05, 3.63) is 56.3 Å². The SMILES string of the molecule is COc1ccc([N+](=O)[O-])cc1CN[C@@H](C)c1cccs1. The molecular formula is C14H16N2O3S. The molecule has 0 aliphatic heterocycles. The number of rotatable bonds is 6. The van der Waals surface area contributed by atoms with E-state index in [1.54, 1.807) is 30.6 Å². The Morgan fingerprint density at radius 2 is 2.25 bits per heavy atom. The van der Waals surface area contributed by atoms with Crippen LogP contribution in [0.5, 0.6) is 5.75 Å². The molecule has 1 heterocycles. The van der Waals surface area contributed by atoms with Gasteiger partial charge in [-0.25, -0.2) is 0 Å². The van der Waals surface area contributed by atoms with Crippen LogP contribution in [0.2, 0.25) is 0 Å². The Morgan fingerprint density at radius 1 is 1.45 bits per heavy atom. The molecule has 0 radical (unpaired) electrons. The minimum absolute atomic E-state index is 0.0753. The summed E-state index contributed by atoms with van der Waals surface area (Å²) in [4.78, 5) is 11.7. The largest absolute Gasteiger partial charge is 0.496 e. The molecule has 5 nitrogen and oxygen atoms in total. The summed E-state index contributed by atoms with van der Waals surface area (Å²) in [5.41, 5.74) is 0.858. The van der Waals surface area contributed by atoms with E-state index in [2.05, 4.69) is 18.3 Å². The average Bonchev–Trinajstić information content (AvgIpc) is 2.98. The van der Waals surface area contributed by atoms with Crippen molar-refractivity contribution in [3.8, 4) is 5.75 Å². The normalized spacial score (nSPS) is 12.1. The number of non-ortho nitro benzene ring substituents is 1. The second-order valence-electron chi connectivity index (χ2n) is 4.37. The Balaban J connectivity index is 2.11. The summed E-state index contributed by atoms with van der Waals surface area (Å²) < 4.78 is 5.24. The Morgan fingerprint density at radius 3 is 2.85 bits per heavy atom. The van der Waals surface area contributed by atoms with E-state index in [0.29, 0.717) is 12.3 Å². The molecule has 0 saturated carbocycles. The summed E-state index contributed by atoms with van der Waals surface area (Å²) in [5, 5.41) is 16.2. The summed E-state index contributed by atoms with van der Waals surface area (Å²) in [7, 11) is 1.56. The molecule has 0 aliphatic carbocycles. The van der Waals surface area contributed by atoms with Gasteiger partial charge in [-0.1, -0.05) is 6.07 Å². The van der Waals surface area contributed by atoms with E-state index in [1.165, 1.54) is 10.9 Å². The first-order valence-corrected chi connectivity index (χ1v) is 7.08. The van der Waals surface area contributed by atoms with Crippen LogP contribution in [0, 0.1) is 10.1 Å². The van der Waals surface area contributed by atoms with Crippen molar-refractivity contribution >= 4 is 17.0 Å². The van der Waals surface area contributed by atoms with Crippen molar-refractivity contribution in [1.29, 1.82) is 0 Å². The first kappa shape index (κ1) is 14.5. The van der Waals surface area contributed by atoms with Gasteiger partial charge in [0.05, 0.1) is 12.0 Å². The molecule has 20 heavy (non-hydrogen) atoms. The highest BCUT2D eigenvalue weighted by atomic mass is 32.1. The predicted molar refractivity (Wildman–Crippen MR) is 79.2 cm³/mol. The van der Waals surface area contributed by atoms with Gasteiger partial charge in [-0.2, -0.15) is 0 Å². The Kier molecular flexibility index (Phi) is 4.70. The van der Waals surface area contributed by atoms with Crippen molar-refractivity contribution < 1.29 is 9.66 Å². The lowest BCUT2D eigenvalue weighted by Crippen LogP contribution is -2.17. The fourth-order valence-corrected chi connectivity index (χ4v) is 2.68. The van der Waals surface area contributed by atoms with E-state index in [9.17, 15) is 10.1 Å². The highest BCUT2D eigenvalue weighted by molar-refractivity contribution is 7.10. The number of hydrogen-bond donors (Lipinski definition) is 1. The molecule has 106 valence electrons. The van der Waals surface area contributed by atoms with Crippen LogP contribution in [0.3, 0.4) is 0 Å². The minimum atomic E-state index is -0.397. The van der Waals surface area contributed by atoms with Gasteiger partial charge < -0.3 is 10.1 Å². The highest BCUT2D eigenvalue weighted by Crippen LogP contribution is 2.25. The van der Waals surface area contributed by atoms with Crippen LogP contribution in [-0.4, -0.2) is 12.0 Å². The molecule has 1 N–H and O–H groups in total. The maximum absolute atomic E-state index is 10.8. The molecule has 2 rings (SSSR count). The van der Waals surface area contributed by atoms with Gasteiger partial charge in [0.1, 0.15) is 5.75 Å². The summed E-state index contributed by atoms with van der Waals surface area (Å²) in [6.07, 6.45) is 0. The van der Waals surface area contributed by atoms with Crippen LogP contribution in [0.25, 0.3) is 0 Å². The van der Waals surface area contributed by atoms with Crippen LogP contribution in [0.4, 0.5) is 5.69 Å². The molecule has 0 bridgehead atoms. The van der Waals surface area contributed by atoms with E-state index in [-0.39, 0.29) is 11.7 Å². The number of benzene rings is 1. The van der Waals surface area contributed by atoms with Crippen LogP contribution in [0.1, 0.15) is 23.4 Å². The van der Waals surface area contributed by atoms with Crippen molar-refractivity contribution in [2.24, 2.45) is 0 Å². The molecule has 0 amide bonds. The second-order valence-corrected chi connectivity index (χ2v) is 5.35. The molecular weight excluding hydrogens is 276 g/mol. The second kappa shape index (κ2) is 6.49. The summed E-state index contributed by atoms with van der Waals surface area (Å²) in [6, 6.07) is 8.89. The monoisotopic (exact) mass is 292 g/mol. The van der Waals surface area contributed by atoms with Gasteiger partial charge in [-0.15, -0.1) is 11.3 Å². The summed E-state index contributed by atoms with van der Waals surface area (Å²) >= 11 is 1.68. The highest BCUT2D eigenvalue weighted by Gasteiger charge is 2.13. The number of ether oxygens (including phenoxy) is 1. The zero-order valence-electron chi connectivity index (χ0n) is 11.3. The molecule has 2 aromatic rings. The van der Waals surface area contributed by atoms with Gasteiger partial charge >= 0.3 is 0 Å². The van der Waals surface area contributed by atoms with Gasteiger partial charge in [-0.3, -0.25) is 10.1 Å². The van der Waals surface area contributed by atoms with Crippen LogP contribution >= 0.6 is 11.3 Å². The number of hydrogen-bond acceptors (Lipinski definition) is 5. The minimum Gasteiger partial charge on any atom is -0.496 e. The number of nitrogens with zero attached hydrogens (tertiary/aromatic N) is 1. The molecule has 0 spiro atoms. The van der Waals surface area contributed by atoms with E-state index in [4.69, 9.17) is 4.74 Å². The molecule has 1 atom stereocenters. The van der Waals surface area contributed by atoms with Gasteiger partial charge in [0.15, 0.2) is 0 Å². The van der Waals surface area contributed by atoms with E-state index in [1.807, 2.05) is 11.4 Å². The van der Waals surface area contributed by atoms with Gasteiger partial charge in [-0.05, 0) is 24.4 Å². The summed E-state index contributed by atoms with van der Waals surface area (Å²) in [6.45, 7) is 2.58. The molecule has 1 aromatic heterocycles. The predicted octanol–water partition coefficient (Wildman–Crippen LogP) is 3.52. The quantitative estimate of drug-likeness (QED) is 0.653. The maximum atomic E-state index is 10.8. The fourth-order valence-electron chi connectivity index (χ4n) is 1.92. The number of nitrogens with one attached hydrogen (secondary N) is 1. The van der Waals surface area contributed by atoms with Crippen molar-refractivity contribution in [3.63, 3.8) is 0 Å². The van der Waals surface area contributed by atoms with Crippen molar-refractivity contribution in [2.75, 3.05) is 7.11 Å². The third kappa shape index (κ3) is 3.34. The zero-order chi connectivity index (χ0) is 14.5. The molecule has 0 fully saturated rings. The lowest BCUT2D eigenvalue weighted by Gasteiger charge is -2.14. The molecule has 0 aliphatic rings. The third-order valence-electron chi connectivity index (χ3n) is 3.04. The molecule has 0 unspecified atom stereocenters. The summed E-state index contributed by atoms with van der Waals surface area (Å²) in [5.74, 6) is 0.654. The molecule has 6 heteroatoms. The van der Waals surface area contributed by atoms with Gasteiger partial charge in [0, 0.05) is 35.2 Å². The topological polar surface area (TPSA) is 64.4 Å². The first-order chi connectivity index (χ1) is 9.61. The molecule has 0 saturated heterocycles. The lowest BCUT2D eigenvalue weighted by atomic mass is 10.1. The van der Waals surface area contributed by atoms with E-state index >= 15 is 0 Å². The Bertz CT molecular complexity index is 584. The fraction of sp³-hybridized carbons (Fsp3) is 0.286. The maximum Gasteiger partial charge on any atom is 0.270 e. The first-order valence-electron chi connectivity index (χ1n) is 6.20. The Labute approximate surface area is 121 Å².